The van der Waals surface area contributed by atoms with Crippen LogP contribution in [0.3, 0.4) is 0 Å². The molecule has 0 bridgehead atoms. The molecule has 6 nitrogen and oxygen atoms in total. The summed E-state index contributed by atoms with van der Waals surface area (Å²) >= 11 is 0. The van der Waals surface area contributed by atoms with E-state index < -0.39 is 17.9 Å². The van der Waals surface area contributed by atoms with Crippen LogP contribution in [0.2, 0.25) is 0 Å². The average Bonchev–Trinajstić information content (AvgIpc) is 2.70. The molecule has 3 atom stereocenters. The third-order valence-electron chi connectivity index (χ3n) is 5.20. The molecule has 182 valence electrons. The summed E-state index contributed by atoms with van der Waals surface area (Å²) in [5.41, 5.74) is 0. The van der Waals surface area contributed by atoms with Gasteiger partial charge in [0.05, 0.1) is 0 Å². The van der Waals surface area contributed by atoms with Gasteiger partial charge in [-0.3, -0.25) is 0 Å². The molecule has 0 radical (unpaired) electrons. The Morgan fingerprint density at radius 3 is 0.806 bits per heavy atom. The Kier molecular flexibility index (Phi) is 32.9. The molecule has 3 unspecified atom stereocenters. The maximum Gasteiger partial charge on any atom is 3.00 e. The van der Waals surface area contributed by atoms with Crippen molar-refractivity contribution in [3.05, 3.63) is 0 Å². The SMILES string of the molecule is CCCCC(CC)C(=O)[O-].CCCCC(CC)C(=O)[O-].CCCCC(CC)C(=O)[O-].[Nb+3]. The number of carboxylic acids is 3. The number of aliphatic carboxylic acids is 3. The van der Waals surface area contributed by atoms with Crippen LogP contribution in [0.15, 0.2) is 0 Å². The predicted octanol–water partition coefficient (Wildman–Crippen LogP) is 2.86. The molecule has 0 spiro atoms. The molecule has 0 aromatic heterocycles. The summed E-state index contributed by atoms with van der Waals surface area (Å²) in [4.78, 5) is 31.0. The first kappa shape index (κ1) is 37.5. The fraction of sp³-hybridized carbons (Fsp3) is 0.875. The van der Waals surface area contributed by atoms with E-state index in [-0.39, 0.29) is 40.1 Å². The summed E-state index contributed by atoms with van der Waals surface area (Å²) in [5, 5.41) is 31.0. The molecule has 0 saturated carbocycles. The van der Waals surface area contributed by atoms with Gasteiger partial charge in [0.2, 0.25) is 0 Å². The van der Waals surface area contributed by atoms with E-state index in [0.717, 1.165) is 57.8 Å². The summed E-state index contributed by atoms with van der Waals surface area (Å²) < 4.78 is 0. The van der Waals surface area contributed by atoms with Gasteiger partial charge in [-0.15, -0.1) is 0 Å². The van der Waals surface area contributed by atoms with Gasteiger partial charge >= 0.3 is 22.4 Å². The van der Waals surface area contributed by atoms with Gasteiger partial charge in [0.25, 0.3) is 0 Å². The maximum atomic E-state index is 10.3. The third-order valence-corrected chi connectivity index (χ3v) is 5.20. The van der Waals surface area contributed by atoms with Crippen LogP contribution in [0.25, 0.3) is 0 Å². The molecular formula is C24H45NbO6. The van der Waals surface area contributed by atoms with E-state index in [1.165, 1.54) is 0 Å². The van der Waals surface area contributed by atoms with Crippen LogP contribution in [0.4, 0.5) is 0 Å². The van der Waals surface area contributed by atoms with Crippen LogP contribution in [0.5, 0.6) is 0 Å². The van der Waals surface area contributed by atoms with E-state index >= 15 is 0 Å². The Bertz CT molecular complexity index is 366. The van der Waals surface area contributed by atoms with Crippen molar-refractivity contribution in [3.63, 3.8) is 0 Å². The van der Waals surface area contributed by atoms with Gasteiger partial charge in [0.1, 0.15) is 0 Å². The van der Waals surface area contributed by atoms with E-state index in [1.54, 1.807) is 0 Å². The van der Waals surface area contributed by atoms with Gasteiger partial charge in [-0.25, -0.2) is 0 Å². The van der Waals surface area contributed by atoms with Crippen LogP contribution in [0, 0.1) is 17.8 Å². The molecule has 0 saturated heterocycles. The largest absolute Gasteiger partial charge is 3.00 e. The Labute approximate surface area is 206 Å². The molecule has 0 aliphatic carbocycles. The summed E-state index contributed by atoms with van der Waals surface area (Å²) in [6, 6.07) is 0. The van der Waals surface area contributed by atoms with Crippen LogP contribution >= 0.6 is 0 Å². The maximum absolute atomic E-state index is 10.3. The zero-order valence-corrected chi connectivity index (χ0v) is 22.8. The summed E-state index contributed by atoms with van der Waals surface area (Å²) in [5.74, 6) is -3.34. The minimum absolute atomic E-state index is 0. The van der Waals surface area contributed by atoms with Crippen molar-refractivity contribution in [2.45, 2.75) is 119 Å². The van der Waals surface area contributed by atoms with E-state index in [0.29, 0.717) is 19.3 Å². The fourth-order valence-electron chi connectivity index (χ4n) is 2.82. The zero-order chi connectivity index (χ0) is 23.9. The molecule has 0 amide bonds. The molecule has 0 N–H and O–H groups in total. The Morgan fingerprint density at radius 2 is 0.710 bits per heavy atom. The average molecular weight is 523 g/mol. The van der Waals surface area contributed by atoms with Crippen molar-refractivity contribution < 1.29 is 52.1 Å². The second-order valence-corrected chi connectivity index (χ2v) is 7.70. The van der Waals surface area contributed by atoms with Crippen LogP contribution in [-0.2, 0) is 36.8 Å². The summed E-state index contributed by atoms with van der Waals surface area (Å²) in [7, 11) is 0. The van der Waals surface area contributed by atoms with E-state index in [1.807, 2.05) is 20.8 Å². The second-order valence-electron chi connectivity index (χ2n) is 7.70. The van der Waals surface area contributed by atoms with Crippen molar-refractivity contribution in [1.29, 1.82) is 0 Å². The Morgan fingerprint density at radius 1 is 0.516 bits per heavy atom. The molecule has 31 heavy (non-hydrogen) atoms. The first-order chi connectivity index (χ1) is 14.2. The molecule has 0 fully saturated rings. The van der Waals surface area contributed by atoms with Gasteiger partial charge in [-0.1, -0.05) is 80.1 Å². The van der Waals surface area contributed by atoms with Crippen molar-refractivity contribution in [2.24, 2.45) is 17.8 Å². The topological polar surface area (TPSA) is 120 Å². The molecule has 0 aromatic carbocycles. The molecular weight excluding hydrogens is 477 g/mol. The normalized spacial score (nSPS) is 12.6. The minimum atomic E-state index is -0.893. The Hall–Kier alpha value is -0.850. The van der Waals surface area contributed by atoms with Gasteiger partial charge in [0, 0.05) is 17.9 Å². The van der Waals surface area contributed by atoms with E-state index in [9.17, 15) is 29.7 Å². The molecule has 0 aliphatic rings. The number of unbranched alkanes of at least 4 members (excludes halogenated alkanes) is 3. The number of hydrogen-bond donors (Lipinski definition) is 0. The molecule has 0 aromatic rings. The van der Waals surface area contributed by atoms with Crippen molar-refractivity contribution in [1.82, 2.24) is 0 Å². The molecule has 0 heterocycles. The van der Waals surface area contributed by atoms with Gasteiger partial charge in [-0.05, 0) is 56.3 Å². The number of carbonyl (C=O) groups excluding carboxylic acids is 3. The first-order valence-corrected chi connectivity index (χ1v) is 11.8. The quantitative estimate of drug-likeness (QED) is 0.305. The predicted molar refractivity (Wildman–Crippen MR) is 115 cm³/mol. The zero-order valence-electron chi connectivity index (χ0n) is 20.6. The van der Waals surface area contributed by atoms with Gasteiger partial charge < -0.3 is 29.7 Å². The van der Waals surface area contributed by atoms with Crippen LogP contribution in [-0.4, -0.2) is 17.9 Å². The number of hydrogen-bond acceptors (Lipinski definition) is 6. The van der Waals surface area contributed by atoms with Gasteiger partial charge in [0.15, 0.2) is 0 Å². The number of carboxylic acid groups (broad SMARTS) is 3. The monoisotopic (exact) mass is 522 g/mol. The van der Waals surface area contributed by atoms with Crippen molar-refractivity contribution >= 4 is 17.9 Å². The third kappa shape index (κ3) is 25.3. The smallest absolute Gasteiger partial charge is 0.550 e. The van der Waals surface area contributed by atoms with Crippen molar-refractivity contribution in [2.75, 3.05) is 0 Å². The number of carbonyl (C=O) groups is 3. The fourth-order valence-corrected chi connectivity index (χ4v) is 2.82. The van der Waals surface area contributed by atoms with E-state index in [4.69, 9.17) is 0 Å². The Balaban J connectivity index is -0.000000174. The minimum Gasteiger partial charge on any atom is -0.550 e. The van der Waals surface area contributed by atoms with E-state index in [2.05, 4.69) is 20.8 Å². The molecule has 0 aliphatic heterocycles. The van der Waals surface area contributed by atoms with Crippen molar-refractivity contribution in [3.8, 4) is 0 Å². The summed E-state index contributed by atoms with van der Waals surface area (Å²) in [6.07, 6.45) is 10.6. The van der Waals surface area contributed by atoms with Crippen LogP contribution in [0.1, 0.15) is 119 Å². The summed E-state index contributed by atoms with van der Waals surface area (Å²) in [6.45, 7) is 11.8. The van der Waals surface area contributed by atoms with Gasteiger partial charge in [-0.2, -0.15) is 0 Å². The molecule has 0 rings (SSSR count). The second kappa shape index (κ2) is 27.2. The number of rotatable bonds is 15. The van der Waals surface area contributed by atoms with Crippen LogP contribution < -0.4 is 15.3 Å². The standard InChI is InChI=1S/3C8H16O2.Nb/c3*1-3-5-6-7(4-2)8(9)10;/h3*7H,3-6H2,1-2H3,(H,9,10);/q;;;+3/p-3. The first-order valence-electron chi connectivity index (χ1n) is 11.8. The molecule has 7 heteroatoms.